The molecular formula is C19H19FN4O. The fourth-order valence-corrected chi connectivity index (χ4v) is 2.77. The summed E-state index contributed by atoms with van der Waals surface area (Å²) in [6.07, 6.45) is 0.756. The van der Waals surface area contributed by atoms with Crippen LogP contribution in [0, 0.1) is 12.7 Å². The molecule has 0 spiro atoms. The summed E-state index contributed by atoms with van der Waals surface area (Å²) in [5.74, 6) is 5.05. The van der Waals surface area contributed by atoms with E-state index in [1.807, 2.05) is 32.0 Å². The van der Waals surface area contributed by atoms with Gasteiger partial charge in [-0.3, -0.25) is 9.80 Å². The molecule has 0 radical (unpaired) electrons. The van der Waals surface area contributed by atoms with Gasteiger partial charge in [-0.05, 0) is 42.7 Å². The van der Waals surface area contributed by atoms with Gasteiger partial charge in [-0.1, -0.05) is 31.2 Å². The average Bonchev–Trinajstić information content (AvgIpc) is 2.62. The zero-order valence-electron chi connectivity index (χ0n) is 14.2. The number of amides is 1. The lowest BCUT2D eigenvalue weighted by Gasteiger charge is -2.15. The number of nitrogens with two attached hydrogens (primary N) is 1. The van der Waals surface area contributed by atoms with Crippen LogP contribution in [0.5, 0.6) is 0 Å². The summed E-state index contributed by atoms with van der Waals surface area (Å²) in [6.45, 7) is 4.30. The largest absolute Gasteiger partial charge is 0.288 e. The highest BCUT2D eigenvalue weighted by atomic mass is 19.1. The maximum Gasteiger partial charge on any atom is 0.288 e. The third-order valence-corrected chi connectivity index (χ3v) is 4.05. The Labute approximate surface area is 145 Å². The standard InChI is InChI=1S/C19H19FN4O/c1-3-9-24(21)19(25)17-10-13-5-4-6-15(18(13)23-22-17)16-11-14(20)8-7-12(16)2/h4-8,10-11H,3,9,21H2,1-2H3. The minimum atomic E-state index is -0.372. The first-order valence-electron chi connectivity index (χ1n) is 8.10. The molecule has 1 heterocycles. The SMILES string of the molecule is CCCN(N)C(=O)c1cc2cccc(-c3cc(F)ccc3C)c2nn1. The predicted octanol–water partition coefficient (Wildman–Crippen LogP) is 3.47. The molecule has 1 aromatic heterocycles. The van der Waals surface area contributed by atoms with E-state index in [9.17, 15) is 9.18 Å². The molecule has 2 N–H and O–H groups in total. The Morgan fingerprint density at radius 1 is 1.16 bits per heavy atom. The van der Waals surface area contributed by atoms with Crippen molar-refractivity contribution < 1.29 is 9.18 Å². The molecule has 25 heavy (non-hydrogen) atoms. The quantitative estimate of drug-likeness (QED) is 0.449. The van der Waals surface area contributed by atoms with E-state index < -0.39 is 0 Å². The number of rotatable bonds is 4. The van der Waals surface area contributed by atoms with Crippen LogP contribution >= 0.6 is 0 Å². The van der Waals surface area contributed by atoms with Gasteiger partial charge < -0.3 is 0 Å². The van der Waals surface area contributed by atoms with Crippen LogP contribution in [0.4, 0.5) is 4.39 Å². The number of carbonyl (C=O) groups excluding carboxylic acids is 1. The summed E-state index contributed by atoms with van der Waals surface area (Å²) in [7, 11) is 0. The highest BCUT2D eigenvalue weighted by Crippen LogP contribution is 2.30. The van der Waals surface area contributed by atoms with Gasteiger partial charge in [0.2, 0.25) is 0 Å². The molecule has 0 saturated heterocycles. The molecular weight excluding hydrogens is 319 g/mol. The molecule has 0 aliphatic heterocycles. The van der Waals surface area contributed by atoms with Crippen LogP contribution in [0.25, 0.3) is 22.0 Å². The van der Waals surface area contributed by atoms with Gasteiger partial charge >= 0.3 is 0 Å². The van der Waals surface area contributed by atoms with Crippen LogP contribution in [0.1, 0.15) is 29.4 Å². The van der Waals surface area contributed by atoms with Crippen molar-refractivity contribution in [2.24, 2.45) is 5.84 Å². The third kappa shape index (κ3) is 3.34. The Bertz CT molecular complexity index is 942. The van der Waals surface area contributed by atoms with Crippen molar-refractivity contribution >= 4 is 16.8 Å². The minimum Gasteiger partial charge on any atom is -0.275 e. The molecule has 0 bridgehead atoms. The second kappa shape index (κ2) is 6.94. The molecule has 3 rings (SSSR count). The van der Waals surface area contributed by atoms with E-state index in [0.717, 1.165) is 33.5 Å². The van der Waals surface area contributed by atoms with E-state index >= 15 is 0 Å². The smallest absolute Gasteiger partial charge is 0.275 e. The number of hydrogen-bond donors (Lipinski definition) is 1. The molecule has 0 aliphatic carbocycles. The Morgan fingerprint density at radius 2 is 1.96 bits per heavy atom. The number of fused-ring (bicyclic) bond motifs is 1. The van der Waals surface area contributed by atoms with Crippen LogP contribution < -0.4 is 5.84 Å². The number of hydrazine groups is 1. The van der Waals surface area contributed by atoms with Crippen LogP contribution in [0.2, 0.25) is 0 Å². The predicted molar refractivity (Wildman–Crippen MR) is 95.2 cm³/mol. The van der Waals surface area contributed by atoms with Crippen LogP contribution in [-0.4, -0.2) is 27.7 Å². The lowest BCUT2D eigenvalue weighted by atomic mass is 9.98. The topological polar surface area (TPSA) is 72.1 Å². The van der Waals surface area contributed by atoms with Gasteiger partial charge in [0.25, 0.3) is 5.91 Å². The molecule has 0 aliphatic rings. The van der Waals surface area contributed by atoms with Gasteiger partial charge in [-0.25, -0.2) is 10.2 Å². The summed E-state index contributed by atoms with van der Waals surface area (Å²) in [5.41, 5.74) is 3.28. The fraction of sp³-hybridized carbons (Fsp3) is 0.211. The fourth-order valence-electron chi connectivity index (χ4n) is 2.77. The van der Waals surface area contributed by atoms with Crippen molar-refractivity contribution in [1.29, 1.82) is 0 Å². The van der Waals surface area contributed by atoms with E-state index in [1.54, 1.807) is 12.1 Å². The first kappa shape index (κ1) is 17.0. The second-order valence-corrected chi connectivity index (χ2v) is 5.93. The monoisotopic (exact) mass is 338 g/mol. The second-order valence-electron chi connectivity index (χ2n) is 5.93. The van der Waals surface area contributed by atoms with Gasteiger partial charge in [-0.2, -0.15) is 0 Å². The molecule has 128 valence electrons. The maximum atomic E-state index is 13.7. The van der Waals surface area contributed by atoms with E-state index in [1.165, 1.54) is 12.1 Å². The van der Waals surface area contributed by atoms with E-state index in [2.05, 4.69) is 10.2 Å². The summed E-state index contributed by atoms with van der Waals surface area (Å²) in [6, 6.07) is 11.9. The minimum absolute atomic E-state index is 0.191. The van der Waals surface area contributed by atoms with E-state index in [0.29, 0.717) is 12.1 Å². The van der Waals surface area contributed by atoms with Gasteiger partial charge in [0, 0.05) is 17.5 Å². The van der Waals surface area contributed by atoms with Crippen LogP contribution in [0.3, 0.4) is 0 Å². The van der Waals surface area contributed by atoms with Gasteiger partial charge in [0.05, 0.1) is 0 Å². The molecule has 5 nitrogen and oxygen atoms in total. The van der Waals surface area contributed by atoms with Gasteiger partial charge in [0.1, 0.15) is 11.3 Å². The Hall–Kier alpha value is -2.86. The number of hydrogen-bond acceptors (Lipinski definition) is 4. The van der Waals surface area contributed by atoms with Gasteiger partial charge in [-0.15, -0.1) is 10.2 Å². The highest BCUT2D eigenvalue weighted by Gasteiger charge is 2.16. The molecule has 6 heteroatoms. The van der Waals surface area contributed by atoms with Crippen LogP contribution in [0.15, 0.2) is 42.5 Å². The Morgan fingerprint density at radius 3 is 2.72 bits per heavy atom. The van der Waals surface area contributed by atoms with Crippen molar-refractivity contribution in [1.82, 2.24) is 15.2 Å². The zero-order valence-corrected chi connectivity index (χ0v) is 14.2. The summed E-state index contributed by atoms with van der Waals surface area (Å²) in [5, 5.41) is 10.1. The number of benzene rings is 2. The number of halogens is 1. The third-order valence-electron chi connectivity index (χ3n) is 4.05. The average molecular weight is 338 g/mol. The van der Waals surface area contributed by atoms with Gasteiger partial charge in [0.15, 0.2) is 5.69 Å². The highest BCUT2D eigenvalue weighted by molar-refractivity contribution is 5.99. The lowest BCUT2D eigenvalue weighted by molar-refractivity contribution is 0.0748. The normalized spacial score (nSPS) is 10.9. The number of aromatic nitrogens is 2. The first-order chi connectivity index (χ1) is 12.0. The number of nitrogens with zero attached hydrogens (tertiary/aromatic N) is 3. The molecule has 0 fully saturated rings. The zero-order chi connectivity index (χ0) is 18.0. The van der Waals surface area contributed by atoms with Crippen molar-refractivity contribution in [2.75, 3.05) is 6.54 Å². The first-order valence-corrected chi connectivity index (χ1v) is 8.10. The molecule has 2 aromatic carbocycles. The number of carbonyl (C=O) groups is 1. The van der Waals surface area contributed by atoms with Crippen molar-refractivity contribution in [3.05, 3.63) is 59.5 Å². The maximum absolute atomic E-state index is 13.7. The summed E-state index contributed by atoms with van der Waals surface area (Å²) < 4.78 is 13.7. The molecule has 3 aromatic rings. The van der Waals surface area contributed by atoms with E-state index in [-0.39, 0.29) is 17.4 Å². The van der Waals surface area contributed by atoms with Crippen molar-refractivity contribution in [2.45, 2.75) is 20.3 Å². The van der Waals surface area contributed by atoms with Crippen molar-refractivity contribution in [3.63, 3.8) is 0 Å². The summed E-state index contributed by atoms with van der Waals surface area (Å²) in [4.78, 5) is 12.3. The lowest BCUT2D eigenvalue weighted by Crippen LogP contribution is -2.38. The molecule has 0 atom stereocenters. The summed E-state index contributed by atoms with van der Waals surface area (Å²) >= 11 is 0. The molecule has 1 amide bonds. The Kier molecular flexibility index (Phi) is 4.72. The Balaban J connectivity index is 2.09. The van der Waals surface area contributed by atoms with Crippen molar-refractivity contribution in [3.8, 4) is 11.1 Å². The van der Waals surface area contributed by atoms with E-state index in [4.69, 9.17) is 5.84 Å². The number of aryl methyl sites for hydroxylation is 1. The van der Waals surface area contributed by atoms with Crippen LogP contribution in [-0.2, 0) is 0 Å². The molecule has 0 unspecified atom stereocenters. The molecule has 0 saturated carbocycles.